The normalized spacial score (nSPS) is 28.7. The molecule has 0 unspecified atom stereocenters. The van der Waals surface area contributed by atoms with Crippen LogP contribution in [0.25, 0.3) is 0 Å². The Balaban J connectivity index is 2.09. The smallest absolute Gasteiger partial charge is 0.223 e. The van der Waals surface area contributed by atoms with Crippen molar-refractivity contribution in [2.75, 3.05) is 0 Å². The molecule has 2 heteroatoms. The maximum atomic E-state index is 11.2. The predicted octanol–water partition coefficient (Wildman–Crippen LogP) is 1.44. The van der Waals surface area contributed by atoms with Gasteiger partial charge in [0.25, 0.3) is 0 Å². The summed E-state index contributed by atoms with van der Waals surface area (Å²) in [6.45, 7) is 0. The summed E-state index contributed by atoms with van der Waals surface area (Å²) in [5.41, 5.74) is 5.36. The van der Waals surface area contributed by atoms with Crippen LogP contribution in [0.5, 0.6) is 0 Å². The molecule has 11 heavy (non-hydrogen) atoms. The van der Waals surface area contributed by atoms with Gasteiger partial charge in [0.05, 0.1) is 5.41 Å². The van der Waals surface area contributed by atoms with Crippen molar-refractivity contribution >= 4 is 5.91 Å². The van der Waals surface area contributed by atoms with E-state index in [1.807, 2.05) is 0 Å². The number of hydrogen-bond acceptors (Lipinski definition) is 1. The van der Waals surface area contributed by atoms with Crippen molar-refractivity contribution in [2.24, 2.45) is 17.1 Å². The summed E-state index contributed by atoms with van der Waals surface area (Å²) in [7, 11) is 0. The highest BCUT2D eigenvalue weighted by molar-refractivity contribution is 5.82. The molecule has 0 atom stereocenters. The summed E-state index contributed by atoms with van der Waals surface area (Å²) < 4.78 is 0. The molecule has 0 saturated heterocycles. The van der Waals surface area contributed by atoms with Crippen molar-refractivity contribution in [3.8, 4) is 0 Å². The highest BCUT2D eigenvalue weighted by Crippen LogP contribution is 2.53. The fourth-order valence-corrected chi connectivity index (χ4v) is 2.37. The summed E-state index contributed by atoms with van der Waals surface area (Å²) >= 11 is 0. The maximum absolute atomic E-state index is 11.2. The van der Waals surface area contributed by atoms with Gasteiger partial charge in [0, 0.05) is 0 Å². The third-order valence-electron chi connectivity index (χ3n) is 3.62. The SMILES string of the molecule is NC(=O)C1(C2CCC2)CCC1. The van der Waals surface area contributed by atoms with Crippen molar-refractivity contribution in [3.05, 3.63) is 0 Å². The Hall–Kier alpha value is -0.530. The molecule has 0 radical (unpaired) electrons. The minimum absolute atomic E-state index is 0.0338. The Morgan fingerprint density at radius 1 is 1.27 bits per heavy atom. The lowest BCUT2D eigenvalue weighted by atomic mass is 9.55. The predicted molar refractivity (Wildman–Crippen MR) is 42.8 cm³/mol. The fraction of sp³-hybridized carbons (Fsp3) is 0.889. The summed E-state index contributed by atoms with van der Waals surface area (Å²) in [6.07, 6.45) is 7.12. The number of amides is 1. The fourth-order valence-electron chi connectivity index (χ4n) is 2.37. The van der Waals surface area contributed by atoms with Crippen LogP contribution < -0.4 is 5.73 Å². The molecule has 0 spiro atoms. The number of primary amides is 1. The van der Waals surface area contributed by atoms with Gasteiger partial charge in [0.15, 0.2) is 0 Å². The molecule has 2 aliphatic rings. The van der Waals surface area contributed by atoms with Crippen LogP contribution >= 0.6 is 0 Å². The maximum Gasteiger partial charge on any atom is 0.223 e. The molecule has 2 rings (SSSR count). The molecule has 2 fully saturated rings. The molecule has 2 aliphatic carbocycles. The summed E-state index contributed by atoms with van der Waals surface area (Å²) in [6, 6.07) is 0. The van der Waals surface area contributed by atoms with Crippen LogP contribution in [0.4, 0.5) is 0 Å². The van der Waals surface area contributed by atoms with Crippen LogP contribution in [0.15, 0.2) is 0 Å². The Labute approximate surface area is 67.1 Å². The molecule has 0 aromatic carbocycles. The van der Waals surface area contributed by atoms with Gasteiger partial charge in [-0.05, 0) is 31.6 Å². The van der Waals surface area contributed by atoms with E-state index in [1.54, 1.807) is 0 Å². The second kappa shape index (κ2) is 2.23. The van der Waals surface area contributed by atoms with Gasteiger partial charge in [-0.1, -0.05) is 12.8 Å². The first kappa shape index (κ1) is 7.14. The zero-order chi connectivity index (χ0) is 7.90. The van der Waals surface area contributed by atoms with Gasteiger partial charge in [-0.15, -0.1) is 0 Å². The first-order valence-corrected chi connectivity index (χ1v) is 4.56. The molecule has 62 valence electrons. The average Bonchev–Trinajstić information content (AvgIpc) is 1.71. The second-order valence-corrected chi connectivity index (χ2v) is 4.00. The quantitative estimate of drug-likeness (QED) is 0.641. The van der Waals surface area contributed by atoms with Crippen molar-refractivity contribution in [2.45, 2.75) is 38.5 Å². The van der Waals surface area contributed by atoms with E-state index in [-0.39, 0.29) is 11.3 Å². The third-order valence-corrected chi connectivity index (χ3v) is 3.62. The van der Waals surface area contributed by atoms with E-state index >= 15 is 0 Å². The molecule has 1 amide bonds. The van der Waals surface area contributed by atoms with E-state index in [0.29, 0.717) is 5.92 Å². The average molecular weight is 153 g/mol. The van der Waals surface area contributed by atoms with Crippen molar-refractivity contribution in [1.82, 2.24) is 0 Å². The van der Waals surface area contributed by atoms with Crippen LogP contribution in [-0.2, 0) is 4.79 Å². The monoisotopic (exact) mass is 153 g/mol. The van der Waals surface area contributed by atoms with Crippen LogP contribution in [0.3, 0.4) is 0 Å². The van der Waals surface area contributed by atoms with Gasteiger partial charge >= 0.3 is 0 Å². The van der Waals surface area contributed by atoms with E-state index in [4.69, 9.17) is 5.73 Å². The largest absolute Gasteiger partial charge is 0.369 e. The molecule has 2 saturated carbocycles. The van der Waals surface area contributed by atoms with Gasteiger partial charge in [-0.25, -0.2) is 0 Å². The van der Waals surface area contributed by atoms with Gasteiger partial charge in [0.2, 0.25) is 5.91 Å². The highest BCUT2D eigenvalue weighted by atomic mass is 16.1. The van der Waals surface area contributed by atoms with E-state index in [1.165, 1.54) is 25.7 Å². The van der Waals surface area contributed by atoms with E-state index < -0.39 is 0 Å². The van der Waals surface area contributed by atoms with E-state index in [0.717, 1.165) is 12.8 Å². The minimum Gasteiger partial charge on any atom is -0.369 e. The molecular weight excluding hydrogens is 138 g/mol. The Morgan fingerprint density at radius 2 is 1.91 bits per heavy atom. The van der Waals surface area contributed by atoms with Gasteiger partial charge in [-0.2, -0.15) is 0 Å². The lowest BCUT2D eigenvalue weighted by Crippen LogP contribution is -2.50. The third kappa shape index (κ3) is 0.815. The first-order chi connectivity index (χ1) is 5.26. The zero-order valence-corrected chi connectivity index (χ0v) is 6.81. The summed E-state index contributed by atoms with van der Waals surface area (Å²) in [4.78, 5) is 11.2. The molecule has 0 heterocycles. The lowest BCUT2D eigenvalue weighted by Gasteiger charge is -2.49. The van der Waals surface area contributed by atoms with Crippen molar-refractivity contribution in [1.29, 1.82) is 0 Å². The molecular formula is C9H15NO. The first-order valence-electron chi connectivity index (χ1n) is 4.56. The van der Waals surface area contributed by atoms with Gasteiger partial charge < -0.3 is 5.73 Å². The standard InChI is InChI=1S/C9H15NO/c10-8(11)9(5-2-6-9)7-3-1-4-7/h7H,1-6H2,(H2,10,11). The summed E-state index contributed by atoms with van der Waals surface area (Å²) in [5.74, 6) is 0.613. The number of nitrogens with two attached hydrogens (primary N) is 1. The zero-order valence-electron chi connectivity index (χ0n) is 6.81. The second-order valence-electron chi connectivity index (χ2n) is 4.00. The Kier molecular flexibility index (Phi) is 1.44. The topological polar surface area (TPSA) is 43.1 Å². The molecule has 0 aromatic rings. The number of rotatable bonds is 2. The van der Waals surface area contributed by atoms with Gasteiger partial charge in [0.1, 0.15) is 0 Å². The number of carbonyl (C=O) groups excluding carboxylic acids is 1. The molecule has 0 bridgehead atoms. The Morgan fingerprint density at radius 3 is 2.00 bits per heavy atom. The van der Waals surface area contributed by atoms with Crippen LogP contribution in [0.2, 0.25) is 0 Å². The van der Waals surface area contributed by atoms with Crippen LogP contribution in [0, 0.1) is 11.3 Å². The number of hydrogen-bond donors (Lipinski definition) is 1. The van der Waals surface area contributed by atoms with Crippen LogP contribution in [0.1, 0.15) is 38.5 Å². The Bertz CT molecular complexity index is 180. The van der Waals surface area contributed by atoms with E-state index in [2.05, 4.69) is 0 Å². The molecule has 0 aliphatic heterocycles. The number of carbonyl (C=O) groups is 1. The highest BCUT2D eigenvalue weighted by Gasteiger charge is 2.50. The molecule has 2 nitrogen and oxygen atoms in total. The van der Waals surface area contributed by atoms with Gasteiger partial charge in [-0.3, -0.25) is 4.79 Å². The van der Waals surface area contributed by atoms with Crippen molar-refractivity contribution in [3.63, 3.8) is 0 Å². The van der Waals surface area contributed by atoms with Crippen LogP contribution in [-0.4, -0.2) is 5.91 Å². The van der Waals surface area contributed by atoms with E-state index in [9.17, 15) is 4.79 Å². The van der Waals surface area contributed by atoms with Crippen molar-refractivity contribution < 1.29 is 4.79 Å². The lowest BCUT2D eigenvalue weighted by molar-refractivity contribution is -0.140. The molecule has 0 aromatic heterocycles. The minimum atomic E-state index is -0.0434. The molecule has 2 N–H and O–H groups in total. The summed E-state index contributed by atoms with van der Waals surface area (Å²) in [5, 5.41) is 0.